The molecule has 0 radical (unpaired) electrons. The van der Waals surface area contributed by atoms with E-state index < -0.39 is 24.1 Å². The van der Waals surface area contributed by atoms with Gasteiger partial charge < -0.3 is 25.8 Å². The summed E-state index contributed by atoms with van der Waals surface area (Å²) >= 11 is 0. The van der Waals surface area contributed by atoms with Crippen molar-refractivity contribution in [3.8, 4) is 5.75 Å². The molecule has 0 spiro atoms. The molecule has 2 amide bonds. The van der Waals surface area contributed by atoms with E-state index in [-0.39, 0.29) is 0 Å². The summed E-state index contributed by atoms with van der Waals surface area (Å²) in [5, 5.41) is 14.4. The molecule has 4 rings (SSSR count). The normalized spacial score (nSPS) is 16.4. The van der Waals surface area contributed by atoms with Crippen LogP contribution in [0.5, 0.6) is 5.75 Å². The number of likely N-dealkylation sites (N-methyl/N-ethyl adjacent to an activating group) is 1. The Hall–Kier alpha value is -3.53. The number of ether oxygens (including phenoxy) is 1. The molecule has 1 aliphatic rings. The lowest BCUT2D eigenvalue weighted by Crippen LogP contribution is -2.61. The van der Waals surface area contributed by atoms with Crippen LogP contribution < -0.4 is 15.8 Å². The predicted octanol–water partition coefficient (Wildman–Crippen LogP) is 1.66. The fraction of sp³-hybridized carbons (Fsp3) is 0.370. The van der Waals surface area contributed by atoms with E-state index in [2.05, 4.69) is 22.1 Å². The summed E-state index contributed by atoms with van der Waals surface area (Å²) in [6.07, 6.45) is -1.19. The molecule has 1 aromatic heterocycles. The van der Waals surface area contributed by atoms with Crippen molar-refractivity contribution in [3.63, 3.8) is 0 Å². The van der Waals surface area contributed by atoms with Gasteiger partial charge in [-0.1, -0.05) is 25.1 Å². The summed E-state index contributed by atoms with van der Waals surface area (Å²) in [4.78, 5) is 33.4. The smallest absolute Gasteiger partial charge is 0.252 e. The lowest BCUT2D eigenvalue weighted by atomic mass is 10.1. The van der Waals surface area contributed by atoms with Crippen molar-refractivity contribution >= 4 is 22.7 Å². The molecule has 2 atom stereocenters. The van der Waals surface area contributed by atoms with Crippen LogP contribution in [0.2, 0.25) is 0 Å². The number of nitrogens with one attached hydrogen (secondary N) is 1. The molecule has 1 fully saturated rings. The summed E-state index contributed by atoms with van der Waals surface area (Å²) in [6.45, 7) is 8.06. The van der Waals surface area contributed by atoms with Gasteiger partial charge in [-0.3, -0.25) is 19.5 Å². The van der Waals surface area contributed by atoms with Crippen molar-refractivity contribution in [2.45, 2.75) is 32.7 Å². The second-order valence-electron chi connectivity index (χ2n) is 8.99. The Labute approximate surface area is 210 Å². The second kappa shape index (κ2) is 11.5. The van der Waals surface area contributed by atoms with Crippen LogP contribution in [0.3, 0.4) is 0 Å². The first-order valence-corrected chi connectivity index (χ1v) is 12.2. The van der Waals surface area contributed by atoms with E-state index in [4.69, 9.17) is 10.5 Å². The topological polar surface area (TPSA) is 121 Å². The van der Waals surface area contributed by atoms with Gasteiger partial charge >= 0.3 is 0 Å². The number of aryl methyl sites for hydroxylation is 1. The molecule has 1 unspecified atom stereocenters. The van der Waals surface area contributed by atoms with Gasteiger partial charge in [0.1, 0.15) is 24.6 Å². The first kappa shape index (κ1) is 25.6. The molecule has 4 N–H and O–H groups in total. The van der Waals surface area contributed by atoms with E-state index in [0.29, 0.717) is 31.0 Å². The minimum atomic E-state index is -1.22. The standard InChI is InChI=1S/C27H33N5O4/c1-3-31-12-14-32(15-13-31)27(35)24(25(28)33)30-26(34)19-8-10-21(11-9-19)36-17-20-16-18(2)29-23-7-5-4-6-22(20)23/h4-11,16,24,27,35H,3,12-15,17H2,1-2H3,(H2,28,33)(H,30,34)/t24-,27?/m1/s1. The summed E-state index contributed by atoms with van der Waals surface area (Å²) < 4.78 is 5.96. The zero-order valence-electron chi connectivity index (χ0n) is 20.7. The first-order valence-electron chi connectivity index (χ1n) is 12.2. The first-order chi connectivity index (χ1) is 17.4. The average Bonchev–Trinajstić information content (AvgIpc) is 2.90. The molecule has 0 bridgehead atoms. The maximum absolute atomic E-state index is 12.8. The number of carbonyl (C=O) groups excluding carboxylic acids is 2. The van der Waals surface area contributed by atoms with Crippen molar-refractivity contribution in [1.82, 2.24) is 20.1 Å². The third-order valence-corrected chi connectivity index (χ3v) is 6.56. The van der Waals surface area contributed by atoms with Crippen LogP contribution in [-0.2, 0) is 11.4 Å². The van der Waals surface area contributed by atoms with E-state index in [9.17, 15) is 14.7 Å². The van der Waals surface area contributed by atoms with Gasteiger partial charge in [-0.05, 0) is 49.9 Å². The number of nitrogens with zero attached hydrogens (tertiary/aromatic N) is 3. The van der Waals surface area contributed by atoms with Gasteiger partial charge in [0.15, 0.2) is 0 Å². The Bertz CT molecular complexity index is 1210. The van der Waals surface area contributed by atoms with Crippen LogP contribution in [0.4, 0.5) is 0 Å². The predicted molar refractivity (Wildman–Crippen MR) is 137 cm³/mol. The lowest BCUT2D eigenvalue weighted by molar-refractivity contribution is -0.128. The number of rotatable bonds is 9. The number of para-hydroxylation sites is 1. The van der Waals surface area contributed by atoms with Crippen LogP contribution >= 0.6 is 0 Å². The van der Waals surface area contributed by atoms with Crippen LogP contribution in [0.1, 0.15) is 28.5 Å². The van der Waals surface area contributed by atoms with Crippen LogP contribution in [-0.4, -0.2) is 76.7 Å². The summed E-state index contributed by atoms with van der Waals surface area (Å²) in [5.41, 5.74) is 8.71. The average molecular weight is 492 g/mol. The maximum atomic E-state index is 12.8. The molecule has 9 heteroatoms. The number of aliphatic hydroxyl groups excluding tert-OH is 1. The third kappa shape index (κ3) is 5.99. The van der Waals surface area contributed by atoms with Crippen LogP contribution in [0.15, 0.2) is 54.6 Å². The van der Waals surface area contributed by atoms with Gasteiger partial charge in [0.2, 0.25) is 5.91 Å². The van der Waals surface area contributed by atoms with E-state index >= 15 is 0 Å². The number of piperazine rings is 1. The number of hydrogen-bond donors (Lipinski definition) is 3. The highest BCUT2D eigenvalue weighted by Gasteiger charge is 2.33. The minimum absolute atomic E-state index is 0.335. The molecule has 0 aliphatic carbocycles. The zero-order chi connectivity index (χ0) is 25.7. The number of nitrogens with two attached hydrogens (primary N) is 1. The fourth-order valence-corrected chi connectivity index (χ4v) is 4.45. The number of amides is 2. The van der Waals surface area contributed by atoms with E-state index in [1.54, 1.807) is 29.2 Å². The Kier molecular flexibility index (Phi) is 8.14. The number of aromatic nitrogens is 1. The number of pyridine rings is 1. The van der Waals surface area contributed by atoms with Crippen molar-refractivity contribution < 1.29 is 19.4 Å². The molecule has 36 heavy (non-hydrogen) atoms. The van der Waals surface area contributed by atoms with Gasteiger partial charge in [-0.25, -0.2) is 0 Å². The van der Waals surface area contributed by atoms with Gasteiger partial charge in [-0.15, -0.1) is 0 Å². The Morgan fingerprint density at radius 3 is 2.47 bits per heavy atom. The number of hydrogen-bond acceptors (Lipinski definition) is 7. The Morgan fingerprint density at radius 1 is 1.11 bits per heavy atom. The quantitative estimate of drug-likeness (QED) is 0.416. The molecule has 0 saturated carbocycles. The molecule has 3 aromatic rings. The molecule has 190 valence electrons. The van der Waals surface area contributed by atoms with Crippen LogP contribution in [0, 0.1) is 6.92 Å². The van der Waals surface area contributed by atoms with Gasteiger partial charge in [0, 0.05) is 48.4 Å². The SMILES string of the molecule is CCN1CCN(C(O)[C@H](NC(=O)c2ccc(OCc3cc(C)nc4ccccc34)cc2)C(N)=O)CC1. The largest absolute Gasteiger partial charge is 0.489 e. The van der Waals surface area contributed by atoms with Crippen molar-refractivity contribution in [2.75, 3.05) is 32.7 Å². The summed E-state index contributed by atoms with van der Waals surface area (Å²) in [5.74, 6) is -0.675. The van der Waals surface area contributed by atoms with Crippen molar-refractivity contribution in [3.05, 3.63) is 71.4 Å². The number of aliphatic hydroxyl groups is 1. The van der Waals surface area contributed by atoms with Gasteiger partial charge in [-0.2, -0.15) is 0 Å². The molecule has 9 nitrogen and oxygen atoms in total. The highest BCUT2D eigenvalue weighted by atomic mass is 16.5. The lowest BCUT2D eigenvalue weighted by Gasteiger charge is -2.38. The van der Waals surface area contributed by atoms with Gasteiger partial charge in [0.05, 0.1) is 5.52 Å². The Balaban J connectivity index is 1.38. The summed E-state index contributed by atoms with van der Waals surface area (Å²) in [7, 11) is 0. The molecular weight excluding hydrogens is 458 g/mol. The molecule has 1 saturated heterocycles. The van der Waals surface area contributed by atoms with E-state index in [0.717, 1.165) is 41.8 Å². The highest BCUT2D eigenvalue weighted by molar-refractivity contribution is 5.97. The minimum Gasteiger partial charge on any atom is -0.489 e. The van der Waals surface area contributed by atoms with E-state index in [1.165, 1.54) is 0 Å². The van der Waals surface area contributed by atoms with Crippen molar-refractivity contribution in [2.24, 2.45) is 5.73 Å². The van der Waals surface area contributed by atoms with Crippen LogP contribution in [0.25, 0.3) is 10.9 Å². The van der Waals surface area contributed by atoms with Crippen molar-refractivity contribution in [1.29, 1.82) is 0 Å². The molecule has 2 heterocycles. The molecule has 1 aliphatic heterocycles. The fourth-order valence-electron chi connectivity index (χ4n) is 4.45. The molecule has 2 aromatic carbocycles. The summed E-state index contributed by atoms with van der Waals surface area (Å²) in [6, 6.07) is 15.3. The highest BCUT2D eigenvalue weighted by Crippen LogP contribution is 2.21. The van der Waals surface area contributed by atoms with E-state index in [1.807, 2.05) is 37.3 Å². The number of primary amides is 1. The Morgan fingerprint density at radius 2 is 1.81 bits per heavy atom. The molecular formula is C27H33N5O4. The second-order valence-corrected chi connectivity index (χ2v) is 8.99. The third-order valence-electron chi connectivity index (χ3n) is 6.56. The number of fused-ring (bicyclic) bond motifs is 1. The van der Waals surface area contributed by atoms with Gasteiger partial charge in [0.25, 0.3) is 5.91 Å². The monoisotopic (exact) mass is 491 g/mol. The number of benzene rings is 2. The number of carbonyl (C=O) groups is 2. The maximum Gasteiger partial charge on any atom is 0.252 e. The zero-order valence-corrected chi connectivity index (χ0v) is 20.7.